The van der Waals surface area contributed by atoms with Crippen molar-refractivity contribution in [3.05, 3.63) is 35.9 Å². The van der Waals surface area contributed by atoms with E-state index in [0.717, 1.165) is 12.0 Å². The molecule has 214 valence electrons. The zero-order valence-corrected chi connectivity index (χ0v) is 30.9. The van der Waals surface area contributed by atoms with Crippen molar-refractivity contribution in [2.24, 2.45) is 5.41 Å². The second-order valence-electron chi connectivity index (χ2n) is 12.9. The summed E-state index contributed by atoms with van der Waals surface area (Å²) in [6.07, 6.45) is 0.844. The quantitative estimate of drug-likeness (QED) is 0.182. The van der Waals surface area contributed by atoms with Crippen molar-refractivity contribution < 1.29 is 9.22 Å². The van der Waals surface area contributed by atoms with Crippen LogP contribution in [0.4, 0.5) is 0 Å². The summed E-state index contributed by atoms with van der Waals surface area (Å²) in [5.41, 5.74) is 1.21. The van der Waals surface area contributed by atoms with Gasteiger partial charge in [0, 0.05) is 0 Å². The number of hydrogen-bond acceptors (Lipinski definition) is 2. The van der Waals surface area contributed by atoms with Gasteiger partial charge < -0.3 is 4.43 Å². The van der Waals surface area contributed by atoms with Gasteiger partial charge in [-0.05, 0) is 17.4 Å². The average Bonchev–Trinajstić information content (AvgIpc) is 2.91. The topological polar surface area (TPSA) is 26.3 Å². The van der Waals surface area contributed by atoms with Crippen LogP contribution >= 0.6 is 0 Å². The highest BCUT2D eigenvalue weighted by molar-refractivity contribution is 7.88. The first-order valence-corrected chi connectivity index (χ1v) is 28.4. The molecule has 1 aromatic carbocycles. The Balaban J connectivity index is 4.17. The van der Waals surface area contributed by atoms with Crippen molar-refractivity contribution in [2.45, 2.75) is 150 Å². The molecule has 0 bridgehead atoms. The molecule has 0 spiro atoms. The largest absolute Gasteiger partial charge is 0.527 e. The maximum atomic E-state index is 14.9. The molecule has 0 aliphatic rings. The Labute approximate surface area is 235 Å². The Morgan fingerprint density at radius 3 is 1.24 bits per heavy atom. The lowest BCUT2D eigenvalue weighted by Crippen LogP contribution is -2.90. The van der Waals surface area contributed by atoms with Gasteiger partial charge in [-0.3, -0.25) is 4.79 Å². The van der Waals surface area contributed by atoms with Gasteiger partial charge in [-0.15, -0.1) is 0 Å². The molecule has 2 nitrogen and oxygen atoms in total. The van der Waals surface area contributed by atoms with E-state index in [-0.39, 0.29) is 17.3 Å². The van der Waals surface area contributed by atoms with Gasteiger partial charge in [0.15, 0.2) is 0 Å². The Morgan fingerprint density at radius 2 is 0.973 bits per heavy atom. The monoisotopic (exact) mass is 578 g/mol. The standard InChI is InChI=1S/C31H62O2Si4/c1-13-34(14-2,15-3)37(35(16-4,17-5)18-6,36(19-7,20-8)21-9)33-30(32)29(27-31(10,11)12)28-25-23-22-24-26-28/h22-26,29H,13-21,27H2,1-12H3. The molecule has 0 heterocycles. The second kappa shape index (κ2) is 14.3. The summed E-state index contributed by atoms with van der Waals surface area (Å²) < 4.78 is 7.80. The first kappa shape index (κ1) is 34.6. The molecule has 6 heteroatoms. The van der Waals surface area contributed by atoms with E-state index in [2.05, 4.69) is 113 Å². The van der Waals surface area contributed by atoms with E-state index in [0.29, 0.717) is 0 Å². The molecule has 0 saturated heterocycles. The van der Waals surface area contributed by atoms with Crippen molar-refractivity contribution in [3.8, 4) is 0 Å². The van der Waals surface area contributed by atoms with Crippen LogP contribution in [0, 0.1) is 5.41 Å². The van der Waals surface area contributed by atoms with Crippen LogP contribution in [0.15, 0.2) is 30.3 Å². The number of benzene rings is 1. The SMILES string of the molecule is CC[Si](CC)(CC)[Si](OC(=O)C(CC(C)(C)C)c1ccccc1)([Si](CC)(CC)CC)[Si](CC)(CC)CC. The summed E-state index contributed by atoms with van der Waals surface area (Å²) >= 11 is 0. The Bertz CT molecular complexity index is 731. The third kappa shape index (κ3) is 6.33. The molecule has 37 heavy (non-hydrogen) atoms. The van der Waals surface area contributed by atoms with Crippen LogP contribution < -0.4 is 0 Å². The van der Waals surface area contributed by atoms with E-state index in [1.807, 2.05) is 0 Å². The lowest BCUT2D eigenvalue weighted by atomic mass is 9.81. The van der Waals surface area contributed by atoms with Crippen molar-refractivity contribution >= 4 is 35.6 Å². The summed E-state index contributed by atoms with van der Waals surface area (Å²) in [7, 11) is -5.53. The molecule has 0 aromatic heterocycles. The van der Waals surface area contributed by atoms with Crippen LogP contribution in [0.2, 0.25) is 54.4 Å². The summed E-state index contributed by atoms with van der Waals surface area (Å²) in [6.45, 7) is 26.8. The molecule has 1 unspecified atom stereocenters. The highest BCUT2D eigenvalue weighted by Gasteiger charge is 2.74. The molecule has 0 radical (unpaired) electrons. The van der Waals surface area contributed by atoms with Crippen LogP contribution in [0.25, 0.3) is 0 Å². The Morgan fingerprint density at radius 1 is 0.649 bits per heavy atom. The smallest absolute Gasteiger partial charge is 0.299 e. The summed E-state index contributed by atoms with van der Waals surface area (Å²) in [4.78, 5) is 14.9. The van der Waals surface area contributed by atoms with Crippen molar-refractivity contribution in [1.82, 2.24) is 0 Å². The van der Waals surface area contributed by atoms with Gasteiger partial charge in [0.25, 0.3) is 5.97 Å². The van der Waals surface area contributed by atoms with Crippen LogP contribution in [0.1, 0.15) is 101 Å². The van der Waals surface area contributed by atoms with Gasteiger partial charge in [0.2, 0.25) is 6.87 Å². The van der Waals surface area contributed by atoms with Gasteiger partial charge in [0.1, 0.15) is 0 Å². The van der Waals surface area contributed by atoms with Gasteiger partial charge in [0.05, 0.1) is 28.7 Å². The molecular formula is C31H62O2Si4. The minimum atomic E-state index is -2.40. The zero-order chi connectivity index (χ0) is 28.5. The van der Waals surface area contributed by atoms with E-state index in [9.17, 15) is 4.79 Å². The molecular weight excluding hydrogens is 517 g/mol. The van der Waals surface area contributed by atoms with Crippen LogP contribution in [0.5, 0.6) is 0 Å². The van der Waals surface area contributed by atoms with Gasteiger partial charge >= 0.3 is 0 Å². The normalized spacial score (nSPS) is 14.5. The molecule has 0 fully saturated rings. The van der Waals surface area contributed by atoms with E-state index in [1.54, 1.807) is 0 Å². The highest BCUT2D eigenvalue weighted by Crippen LogP contribution is 2.52. The van der Waals surface area contributed by atoms with E-state index in [4.69, 9.17) is 4.43 Å². The van der Waals surface area contributed by atoms with Crippen LogP contribution in [-0.2, 0) is 9.22 Å². The fraction of sp³-hybridized carbons (Fsp3) is 0.774. The minimum Gasteiger partial charge on any atom is -0.527 e. The van der Waals surface area contributed by atoms with Gasteiger partial charge in [-0.1, -0.05) is 168 Å². The predicted octanol–water partition coefficient (Wildman–Crippen LogP) is 10.5. The Hall–Kier alpha value is -0.442. The highest BCUT2D eigenvalue weighted by atomic mass is 29.9. The number of carbonyl (C=O) groups excluding carboxylic acids is 1. The first-order valence-electron chi connectivity index (χ1n) is 15.7. The van der Waals surface area contributed by atoms with Crippen LogP contribution in [-0.4, -0.2) is 35.6 Å². The molecule has 0 aliphatic heterocycles. The van der Waals surface area contributed by atoms with E-state index < -0.39 is 29.6 Å². The summed E-state index contributed by atoms with van der Waals surface area (Å²) in [5, 5.41) is 0. The fourth-order valence-electron chi connectivity index (χ4n) is 8.36. The van der Waals surface area contributed by atoms with Crippen molar-refractivity contribution in [3.63, 3.8) is 0 Å². The summed E-state index contributed by atoms with van der Waals surface area (Å²) in [6, 6.07) is 22.2. The van der Waals surface area contributed by atoms with E-state index in [1.165, 1.54) is 54.4 Å². The average molecular weight is 579 g/mol. The number of hydrogen-bond donors (Lipinski definition) is 0. The van der Waals surface area contributed by atoms with Crippen molar-refractivity contribution in [2.75, 3.05) is 0 Å². The molecule has 0 amide bonds. The maximum Gasteiger partial charge on any atom is 0.299 e. The zero-order valence-electron chi connectivity index (χ0n) is 26.9. The van der Waals surface area contributed by atoms with Crippen LogP contribution in [0.3, 0.4) is 0 Å². The molecule has 1 aromatic rings. The molecule has 0 saturated carbocycles. The minimum absolute atomic E-state index is 0.0576. The predicted molar refractivity (Wildman–Crippen MR) is 177 cm³/mol. The lowest BCUT2D eigenvalue weighted by Gasteiger charge is -2.63. The third-order valence-corrected chi connectivity index (χ3v) is 80.6. The van der Waals surface area contributed by atoms with E-state index >= 15 is 0 Å². The fourth-order valence-corrected chi connectivity index (χ4v) is 107. The molecule has 0 aliphatic carbocycles. The molecule has 0 N–H and O–H groups in total. The van der Waals surface area contributed by atoms with Gasteiger partial charge in [-0.2, -0.15) is 0 Å². The lowest BCUT2D eigenvalue weighted by molar-refractivity contribution is -0.137. The number of carbonyl (C=O) groups is 1. The summed E-state index contributed by atoms with van der Waals surface area (Å²) in [5.74, 6) is -0.0145. The third-order valence-electron chi connectivity index (χ3n) is 10.9. The molecule has 1 rings (SSSR count). The van der Waals surface area contributed by atoms with Gasteiger partial charge in [-0.25, -0.2) is 0 Å². The second-order valence-corrected chi connectivity index (χ2v) is 48.8. The van der Waals surface area contributed by atoms with Crippen molar-refractivity contribution in [1.29, 1.82) is 0 Å². The maximum absolute atomic E-state index is 14.9. The first-order chi connectivity index (χ1) is 17.4. The number of rotatable bonds is 16. The molecule has 1 atom stereocenters. The Kier molecular flexibility index (Phi) is 13.3.